The lowest BCUT2D eigenvalue weighted by Gasteiger charge is -2.34. The van der Waals surface area contributed by atoms with Crippen LogP contribution in [0.5, 0.6) is 0 Å². The third kappa shape index (κ3) is 1.98. The van der Waals surface area contributed by atoms with Crippen molar-refractivity contribution >= 4 is 12.0 Å². The molecule has 1 aromatic rings. The molecule has 6 heteroatoms. The van der Waals surface area contributed by atoms with Gasteiger partial charge in [-0.15, -0.1) is 0 Å². The Morgan fingerprint density at radius 2 is 2.05 bits per heavy atom. The van der Waals surface area contributed by atoms with E-state index in [-0.39, 0.29) is 17.5 Å². The molecule has 1 saturated carbocycles. The quantitative estimate of drug-likeness (QED) is 0.921. The van der Waals surface area contributed by atoms with E-state index in [1.807, 2.05) is 30.3 Å². The van der Waals surface area contributed by atoms with Crippen LogP contribution in [0, 0.1) is 5.41 Å². The summed E-state index contributed by atoms with van der Waals surface area (Å²) in [4.78, 5) is 31.2. The molecule has 3 aliphatic rings. The van der Waals surface area contributed by atoms with Crippen LogP contribution in [0.15, 0.2) is 30.3 Å². The zero-order valence-corrected chi connectivity index (χ0v) is 12.1. The Labute approximate surface area is 128 Å². The summed E-state index contributed by atoms with van der Waals surface area (Å²) in [5.41, 5.74) is 0.939. The van der Waals surface area contributed by atoms with Crippen molar-refractivity contribution in [3.05, 3.63) is 35.9 Å². The maximum atomic E-state index is 12.5. The third-order valence-corrected chi connectivity index (χ3v) is 5.16. The van der Waals surface area contributed by atoms with Gasteiger partial charge in [-0.2, -0.15) is 5.06 Å². The number of piperidine rings is 1. The lowest BCUT2D eigenvalue weighted by molar-refractivity contribution is -0.154. The second-order valence-electron chi connectivity index (χ2n) is 6.46. The fourth-order valence-corrected chi connectivity index (χ4v) is 3.71. The number of carbonyl (C=O) groups excluding carboxylic acids is 1. The van der Waals surface area contributed by atoms with E-state index < -0.39 is 12.0 Å². The number of rotatable bonds is 4. The van der Waals surface area contributed by atoms with Crippen LogP contribution >= 0.6 is 0 Å². The minimum atomic E-state index is -0.914. The average molecular weight is 302 g/mol. The van der Waals surface area contributed by atoms with Gasteiger partial charge in [0.2, 0.25) is 0 Å². The first-order chi connectivity index (χ1) is 10.6. The number of urea groups is 1. The zero-order chi connectivity index (χ0) is 15.3. The Hall–Kier alpha value is -2.08. The molecule has 2 atom stereocenters. The Morgan fingerprint density at radius 1 is 1.32 bits per heavy atom. The van der Waals surface area contributed by atoms with Crippen molar-refractivity contribution in [2.75, 3.05) is 6.54 Å². The highest BCUT2D eigenvalue weighted by Crippen LogP contribution is 2.59. The van der Waals surface area contributed by atoms with Gasteiger partial charge >= 0.3 is 12.0 Å². The largest absolute Gasteiger partial charge is 0.480 e. The number of nitrogens with zero attached hydrogens (tertiary/aromatic N) is 2. The summed E-state index contributed by atoms with van der Waals surface area (Å²) in [6.45, 7) is 0.787. The number of carbonyl (C=O) groups is 2. The number of amides is 2. The van der Waals surface area contributed by atoms with Gasteiger partial charge in [-0.1, -0.05) is 30.3 Å². The van der Waals surface area contributed by atoms with Gasteiger partial charge in [0.25, 0.3) is 0 Å². The Balaban J connectivity index is 1.54. The Morgan fingerprint density at radius 3 is 2.68 bits per heavy atom. The van der Waals surface area contributed by atoms with E-state index in [0.29, 0.717) is 19.6 Å². The van der Waals surface area contributed by atoms with E-state index in [9.17, 15) is 14.7 Å². The molecule has 4 rings (SSSR count). The van der Waals surface area contributed by atoms with Crippen LogP contribution in [-0.4, -0.2) is 45.7 Å². The van der Waals surface area contributed by atoms with Crippen LogP contribution in [0.2, 0.25) is 0 Å². The van der Waals surface area contributed by atoms with Crippen LogP contribution in [0.1, 0.15) is 24.8 Å². The lowest BCUT2D eigenvalue weighted by atomic mass is 9.85. The molecule has 116 valence electrons. The van der Waals surface area contributed by atoms with Crippen molar-refractivity contribution in [2.45, 2.75) is 38.0 Å². The molecule has 0 unspecified atom stereocenters. The van der Waals surface area contributed by atoms with Crippen molar-refractivity contribution in [3.63, 3.8) is 0 Å². The molecule has 1 spiro atoms. The van der Waals surface area contributed by atoms with Crippen molar-refractivity contribution in [1.29, 1.82) is 0 Å². The first-order valence-corrected chi connectivity index (χ1v) is 7.60. The monoisotopic (exact) mass is 302 g/mol. The average Bonchev–Trinajstić information content (AvgIpc) is 3.23. The molecule has 1 aliphatic carbocycles. The Kier molecular flexibility index (Phi) is 2.91. The number of hydrogen-bond acceptors (Lipinski definition) is 3. The second-order valence-corrected chi connectivity index (χ2v) is 6.46. The molecule has 2 bridgehead atoms. The molecule has 0 aromatic heterocycles. The van der Waals surface area contributed by atoms with E-state index in [0.717, 1.165) is 18.4 Å². The minimum absolute atomic E-state index is 0.0145. The summed E-state index contributed by atoms with van der Waals surface area (Å²) in [5.74, 6) is -0.914. The summed E-state index contributed by atoms with van der Waals surface area (Å²) >= 11 is 0. The standard InChI is InChI=1S/C16H18N2O4/c19-14(20)12-8-16(6-7-16)13-9-17(12)15(21)18(13)22-10-11-4-2-1-3-5-11/h1-5,12-13H,6-10H2,(H,19,20)/t12-,13-/m1/s1. The van der Waals surface area contributed by atoms with Crippen molar-refractivity contribution in [2.24, 2.45) is 5.41 Å². The number of carboxylic acid groups (broad SMARTS) is 1. The van der Waals surface area contributed by atoms with Crippen molar-refractivity contribution < 1.29 is 19.5 Å². The maximum absolute atomic E-state index is 12.5. The van der Waals surface area contributed by atoms with Gasteiger partial charge in [-0.3, -0.25) is 4.84 Å². The molecule has 1 aromatic carbocycles. The predicted octanol–water partition coefficient (Wildman–Crippen LogP) is 1.86. The van der Waals surface area contributed by atoms with E-state index in [2.05, 4.69) is 0 Å². The molecular formula is C16H18N2O4. The van der Waals surface area contributed by atoms with Gasteiger partial charge in [0.15, 0.2) is 0 Å². The van der Waals surface area contributed by atoms with Gasteiger partial charge < -0.3 is 10.0 Å². The number of hydrogen-bond donors (Lipinski definition) is 1. The highest BCUT2D eigenvalue weighted by atomic mass is 16.7. The first-order valence-electron chi connectivity index (χ1n) is 7.60. The van der Waals surface area contributed by atoms with Crippen LogP contribution in [0.3, 0.4) is 0 Å². The van der Waals surface area contributed by atoms with E-state index >= 15 is 0 Å². The summed E-state index contributed by atoms with van der Waals surface area (Å²) in [7, 11) is 0. The van der Waals surface area contributed by atoms with Gasteiger partial charge in [0, 0.05) is 6.54 Å². The molecule has 6 nitrogen and oxygen atoms in total. The fourth-order valence-electron chi connectivity index (χ4n) is 3.71. The van der Waals surface area contributed by atoms with Crippen LogP contribution in [0.4, 0.5) is 4.79 Å². The molecule has 2 amide bonds. The lowest BCUT2D eigenvalue weighted by Crippen LogP contribution is -2.49. The van der Waals surface area contributed by atoms with Crippen molar-refractivity contribution in [1.82, 2.24) is 9.96 Å². The maximum Gasteiger partial charge on any atom is 0.345 e. The fraction of sp³-hybridized carbons (Fsp3) is 0.500. The zero-order valence-electron chi connectivity index (χ0n) is 12.1. The van der Waals surface area contributed by atoms with Crippen LogP contribution in [-0.2, 0) is 16.2 Å². The third-order valence-electron chi connectivity index (χ3n) is 5.16. The Bertz CT molecular complexity index is 614. The first kappa shape index (κ1) is 13.6. The van der Waals surface area contributed by atoms with Crippen LogP contribution in [0.25, 0.3) is 0 Å². The predicted molar refractivity (Wildman–Crippen MR) is 76.7 cm³/mol. The molecule has 22 heavy (non-hydrogen) atoms. The molecule has 2 aliphatic heterocycles. The second kappa shape index (κ2) is 4.71. The summed E-state index contributed by atoms with van der Waals surface area (Å²) < 4.78 is 0. The van der Waals surface area contributed by atoms with Crippen LogP contribution < -0.4 is 0 Å². The van der Waals surface area contributed by atoms with E-state index in [1.54, 1.807) is 0 Å². The highest BCUT2D eigenvalue weighted by Gasteiger charge is 2.64. The molecule has 2 saturated heterocycles. The van der Waals surface area contributed by atoms with Crippen molar-refractivity contribution in [3.8, 4) is 0 Å². The summed E-state index contributed by atoms with van der Waals surface area (Å²) in [5, 5.41) is 10.8. The van der Waals surface area contributed by atoms with Gasteiger partial charge in [-0.25, -0.2) is 9.59 Å². The minimum Gasteiger partial charge on any atom is -0.480 e. The highest BCUT2D eigenvalue weighted by molar-refractivity contribution is 5.85. The molecule has 2 heterocycles. The van der Waals surface area contributed by atoms with Gasteiger partial charge in [0.1, 0.15) is 12.6 Å². The van der Waals surface area contributed by atoms with Gasteiger partial charge in [-0.05, 0) is 30.2 Å². The molecule has 0 radical (unpaired) electrons. The molecule has 1 N–H and O–H groups in total. The SMILES string of the molecule is O=C(O)[C@H]1CC2(CC2)[C@H]2CN1C(=O)N2OCc1ccccc1. The number of benzene rings is 1. The van der Waals surface area contributed by atoms with E-state index in [4.69, 9.17) is 4.84 Å². The summed E-state index contributed by atoms with van der Waals surface area (Å²) in [6, 6.07) is 8.64. The number of carboxylic acids is 1. The topological polar surface area (TPSA) is 70.1 Å². The number of hydroxylamine groups is 2. The number of fused-ring (bicyclic) bond motifs is 3. The van der Waals surface area contributed by atoms with Gasteiger partial charge in [0.05, 0.1) is 6.04 Å². The number of aliphatic carboxylic acids is 1. The molecule has 3 fully saturated rings. The smallest absolute Gasteiger partial charge is 0.345 e. The van der Waals surface area contributed by atoms with E-state index in [1.165, 1.54) is 9.96 Å². The molecular weight excluding hydrogens is 284 g/mol. The normalized spacial score (nSPS) is 28.3. The summed E-state index contributed by atoms with van der Waals surface area (Å²) in [6.07, 6.45) is 2.51.